The highest BCUT2D eigenvalue weighted by Gasteiger charge is 2.30. The molecule has 0 bridgehead atoms. The van der Waals surface area contributed by atoms with E-state index < -0.39 is 15.9 Å². The number of aryl methyl sites for hydroxylation is 1. The Morgan fingerprint density at radius 2 is 2.12 bits per heavy atom. The summed E-state index contributed by atoms with van der Waals surface area (Å²) in [6.45, 7) is 1.93. The van der Waals surface area contributed by atoms with Gasteiger partial charge in [-0.05, 0) is 31.4 Å². The lowest BCUT2D eigenvalue weighted by Gasteiger charge is -2.08. The zero-order chi connectivity index (χ0) is 17.3. The van der Waals surface area contributed by atoms with Gasteiger partial charge in [0.05, 0.1) is 7.11 Å². The maximum atomic E-state index is 12.3. The van der Waals surface area contributed by atoms with Crippen molar-refractivity contribution in [2.45, 2.75) is 36.3 Å². The minimum Gasteiger partial charge on any atom is -0.495 e. The summed E-state index contributed by atoms with van der Waals surface area (Å²) in [6, 6.07) is 4.65. The zero-order valence-electron chi connectivity index (χ0n) is 13.3. The first kappa shape index (κ1) is 16.8. The van der Waals surface area contributed by atoms with Gasteiger partial charge in [0.2, 0.25) is 0 Å². The second-order valence-electron chi connectivity index (χ2n) is 5.47. The van der Waals surface area contributed by atoms with E-state index >= 15 is 0 Å². The van der Waals surface area contributed by atoms with Gasteiger partial charge in [-0.2, -0.15) is 5.10 Å². The number of nitrogens with zero attached hydrogens (tertiary/aromatic N) is 2. The third-order valence-electron chi connectivity index (χ3n) is 3.68. The van der Waals surface area contributed by atoms with Gasteiger partial charge in [-0.1, -0.05) is 6.92 Å². The van der Waals surface area contributed by atoms with Crippen molar-refractivity contribution in [3.63, 3.8) is 0 Å². The Bertz CT molecular complexity index is 873. The van der Waals surface area contributed by atoms with E-state index in [2.05, 4.69) is 10.2 Å². The lowest BCUT2D eigenvalue weighted by atomic mass is 10.2. The average molecular weight is 367 g/mol. The largest absolute Gasteiger partial charge is 0.495 e. The van der Waals surface area contributed by atoms with Gasteiger partial charge in [-0.15, -0.1) is 16.4 Å². The van der Waals surface area contributed by atoms with E-state index in [1.807, 2.05) is 11.6 Å². The molecule has 1 N–H and O–H groups in total. The van der Waals surface area contributed by atoms with Gasteiger partial charge in [-0.25, -0.2) is 13.1 Å². The monoisotopic (exact) mass is 367 g/mol. The fourth-order valence-electron chi connectivity index (χ4n) is 2.22. The van der Waals surface area contributed by atoms with Gasteiger partial charge in [0.25, 0.3) is 15.9 Å². The first-order valence-corrected chi connectivity index (χ1v) is 9.82. The van der Waals surface area contributed by atoms with Crippen LogP contribution in [0, 0.1) is 0 Å². The van der Waals surface area contributed by atoms with Crippen molar-refractivity contribution >= 4 is 27.3 Å². The highest BCUT2D eigenvalue weighted by molar-refractivity contribution is 7.92. The number of methoxy groups -OCH3 is 1. The number of hydrogen-bond donors (Lipinski definition) is 1. The number of aromatic nitrogens is 2. The Morgan fingerprint density at radius 1 is 1.38 bits per heavy atom. The van der Waals surface area contributed by atoms with Crippen LogP contribution in [-0.4, -0.2) is 31.6 Å². The van der Waals surface area contributed by atoms with Crippen LogP contribution in [-0.2, 0) is 16.4 Å². The van der Waals surface area contributed by atoms with Gasteiger partial charge in [0.15, 0.2) is 5.69 Å². The average Bonchev–Trinajstić information content (AvgIpc) is 3.29. The van der Waals surface area contributed by atoms with E-state index in [9.17, 15) is 13.2 Å². The van der Waals surface area contributed by atoms with E-state index in [4.69, 9.17) is 4.74 Å². The molecule has 2 aromatic heterocycles. The van der Waals surface area contributed by atoms with Gasteiger partial charge >= 0.3 is 0 Å². The van der Waals surface area contributed by atoms with Crippen LogP contribution in [0.5, 0.6) is 5.75 Å². The molecule has 1 fully saturated rings. The van der Waals surface area contributed by atoms with Crippen molar-refractivity contribution in [2.75, 3.05) is 7.11 Å². The highest BCUT2D eigenvalue weighted by Crippen LogP contribution is 2.42. The molecule has 0 aromatic carbocycles. The molecule has 1 saturated carbocycles. The number of sulfonamides is 1. The quantitative estimate of drug-likeness (QED) is 0.840. The molecule has 2 aromatic rings. The van der Waals surface area contributed by atoms with Crippen LogP contribution in [0.2, 0.25) is 0 Å². The first-order chi connectivity index (χ1) is 11.4. The second kappa shape index (κ2) is 6.48. The maximum absolute atomic E-state index is 12.3. The molecule has 24 heavy (non-hydrogen) atoms. The molecule has 1 amide bonds. The summed E-state index contributed by atoms with van der Waals surface area (Å²) in [6.07, 6.45) is 2.77. The van der Waals surface area contributed by atoms with E-state index in [0.29, 0.717) is 17.4 Å². The van der Waals surface area contributed by atoms with Crippen LogP contribution in [0.3, 0.4) is 0 Å². The van der Waals surface area contributed by atoms with Crippen LogP contribution in [0.4, 0.5) is 0 Å². The van der Waals surface area contributed by atoms with Crippen molar-refractivity contribution in [1.29, 1.82) is 0 Å². The number of nitrogens with one attached hydrogen (secondary N) is 1. The Hall–Kier alpha value is -2.00. The first-order valence-electron chi connectivity index (χ1n) is 7.52. The van der Waals surface area contributed by atoms with E-state index in [0.717, 1.165) is 35.5 Å². The Kier molecular flexibility index (Phi) is 4.55. The summed E-state index contributed by atoms with van der Waals surface area (Å²) >= 11 is 1.14. The van der Waals surface area contributed by atoms with Crippen molar-refractivity contribution < 1.29 is 17.9 Å². The van der Waals surface area contributed by atoms with Crippen LogP contribution in [0.25, 0.3) is 0 Å². The fourth-order valence-corrected chi connectivity index (χ4v) is 4.47. The summed E-state index contributed by atoms with van der Waals surface area (Å²) in [4.78, 5) is 13.2. The smallest absolute Gasteiger partial charge is 0.285 e. The number of carbonyl (C=O) groups excluding carboxylic acids is 1. The van der Waals surface area contributed by atoms with Gasteiger partial charge in [0.1, 0.15) is 15.7 Å². The number of amides is 1. The fraction of sp³-hybridized carbons (Fsp3) is 0.400. The minimum atomic E-state index is -3.92. The zero-order valence-corrected chi connectivity index (χ0v) is 14.9. The maximum Gasteiger partial charge on any atom is 0.285 e. The molecule has 7 nitrogen and oxygen atoms in total. The summed E-state index contributed by atoms with van der Waals surface area (Å²) in [7, 11) is -2.43. The lowest BCUT2D eigenvalue weighted by Crippen LogP contribution is -2.31. The summed E-state index contributed by atoms with van der Waals surface area (Å²) < 4.78 is 31.9. The molecule has 0 unspecified atom stereocenters. The molecule has 3 rings (SSSR count). The van der Waals surface area contributed by atoms with Crippen molar-refractivity contribution in [3.8, 4) is 5.75 Å². The van der Waals surface area contributed by atoms with Crippen molar-refractivity contribution in [1.82, 2.24) is 14.9 Å². The summed E-state index contributed by atoms with van der Waals surface area (Å²) in [5, 5.41) is 7.87. The number of rotatable bonds is 6. The third kappa shape index (κ3) is 3.41. The molecule has 0 saturated heterocycles. The number of carbonyl (C=O) groups is 1. The highest BCUT2D eigenvalue weighted by atomic mass is 32.2. The molecular weight excluding hydrogens is 350 g/mol. The van der Waals surface area contributed by atoms with Crippen molar-refractivity contribution in [3.05, 3.63) is 34.5 Å². The SMILES string of the molecule is CCc1ccc(S(=O)(=O)NC(=O)c2cc(OC)c(C3CC3)nn2)s1. The molecule has 0 atom stereocenters. The number of thiophene rings is 1. The number of hydrogen-bond acceptors (Lipinski definition) is 7. The normalized spacial score (nSPS) is 14.4. The van der Waals surface area contributed by atoms with Crippen LogP contribution >= 0.6 is 11.3 Å². The van der Waals surface area contributed by atoms with Crippen LogP contribution in [0.15, 0.2) is 22.4 Å². The van der Waals surface area contributed by atoms with Crippen LogP contribution in [0.1, 0.15) is 46.7 Å². The predicted octanol–water partition coefficient (Wildman–Crippen LogP) is 2.11. The minimum absolute atomic E-state index is 0.0907. The van der Waals surface area contributed by atoms with E-state index in [-0.39, 0.29) is 9.90 Å². The molecule has 0 spiro atoms. The van der Waals surface area contributed by atoms with E-state index in [1.54, 1.807) is 6.07 Å². The molecule has 1 aliphatic carbocycles. The second-order valence-corrected chi connectivity index (χ2v) is 8.54. The molecule has 2 heterocycles. The topological polar surface area (TPSA) is 98.2 Å². The molecular formula is C15H17N3O4S2. The molecule has 9 heteroatoms. The standard InChI is InChI=1S/C15H17N3O4S2/c1-3-10-6-7-13(23-10)24(20,21)18-15(19)11-8-12(22-2)14(17-16-11)9-4-5-9/h6-9H,3-5H2,1-2H3,(H,18,19). The van der Waals surface area contributed by atoms with Gasteiger partial charge < -0.3 is 4.74 Å². The third-order valence-corrected chi connectivity index (χ3v) is 6.73. The molecule has 0 aliphatic heterocycles. The van der Waals surface area contributed by atoms with Gasteiger partial charge in [0, 0.05) is 16.9 Å². The lowest BCUT2D eigenvalue weighted by molar-refractivity contribution is 0.0975. The Morgan fingerprint density at radius 3 is 2.71 bits per heavy atom. The van der Waals surface area contributed by atoms with Crippen molar-refractivity contribution in [2.24, 2.45) is 0 Å². The predicted molar refractivity (Wildman–Crippen MR) is 88.9 cm³/mol. The molecule has 0 radical (unpaired) electrons. The van der Waals surface area contributed by atoms with Crippen LogP contribution < -0.4 is 9.46 Å². The number of ether oxygens (including phenoxy) is 1. The summed E-state index contributed by atoms with van der Waals surface area (Å²) in [5.41, 5.74) is 0.620. The van der Waals surface area contributed by atoms with E-state index in [1.165, 1.54) is 19.2 Å². The Labute approximate surface area is 144 Å². The Balaban J connectivity index is 1.81. The summed E-state index contributed by atoms with van der Waals surface area (Å²) in [5.74, 6) is -0.0547. The molecule has 1 aliphatic rings. The van der Waals surface area contributed by atoms with Gasteiger partial charge in [-0.3, -0.25) is 4.79 Å². The molecule has 128 valence electrons.